The van der Waals surface area contributed by atoms with Crippen LogP contribution in [0.3, 0.4) is 0 Å². The Bertz CT molecular complexity index is 260. The van der Waals surface area contributed by atoms with Crippen molar-refractivity contribution in [2.45, 2.75) is 64.3 Å². The summed E-state index contributed by atoms with van der Waals surface area (Å²) in [6, 6.07) is 0.704. The number of ether oxygens (including phenoxy) is 1. The SMILES string of the molecule is CCCNC(CN(C)CC1CCOCC1)C1CCCCC1. The molecular weight excluding hydrogens is 260 g/mol. The molecule has 0 aromatic carbocycles. The Morgan fingerprint density at radius 1 is 1.10 bits per heavy atom. The molecule has 1 aliphatic heterocycles. The van der Waals surface area contributed by atoms with Crippen LogP contribution in [-0.4, -0.2) is 50.8 Å². The Morgan fingerprint density at radius 3 is 2.48 bits per heavy atom. The van der Waals surface area contributed by atoms with Gasteiger partial charge in [-0.05, 0) is 57.5 Å². The van der Waals surface area contributed by atoms with Crippen LogP contribution in [-0.2, 0) is 4.74 Å². The van der Waals surface area contributed by atoms with E-state index in [1.807, 2.05) is 0 Å². The normalized spacial score (nSPS) is 23.6. The molecular formula is C18H36N2O. The summed E-state index contributed by atoms with van der Waals surface area (Å²) >= 11 is 0. The fraction of sp³-hybridized carbons (Fsp3) is 1.00. The van der Waals surface area contributed by atoms with Crippen molar-refractivity contribution in [3.8, 4) is 0 Å². The summed E-state index contributed by atoms with van der Waals surface area (Å²) in [7, 11) is 2.32. The van der Waals surface area contributed by atoms with E-state index in [2.05, 4.69) is 24.2 Å². The van der Waals surface area contributed by atoms with Gasteiger partial charge in [0, 0.05) is 32.3 Å². The summed E-state index contributed by atoms with van der Waals surface area (Å²) in [5, 5.41) is 3.84. The van der Waals surface area contributed by atoms with Crippen molar-refractivity contribution in [1.82, 2.24) is 10.2 Å². The first kappa shape index (κ1) is 17.2. The molecule has 0 radical (unpaired) electrons. The lowest BCUT2D eigenvalue weighted by Gasteiger charge is -2.35. The molecule has 1 heterocycles. The maximum atomic E-state index is 5.48. The smallest absolute Gasteiger partial charge is 0.0469 e. The molecule has 0 aromatic heterocycles. The van der Waals surface area contributed by atoms with Crippen LogP contribution in [0.15, 0.2) is 0 Å². The predicted molar refractivity (Wildman–Crippen MR) is 89.7 cm³/mol. The van der Waals surface area contributed by atoms with Crippen LogP contribution in [0.5, 0.6) is 0 Å². The van der Waals surface area contributed by atoms with E-state index in [0.717, 1.165) is 25.0 Å². The van der Waals surface area contributed by atoms with Crippen molar-refractivity contribution in [3.63, 3.8) is 0 Å². The Kier molecular flexibility index (Phi) is 8.05. The molecule has 2 aliphatic rings. The second kappa shape index (κ2) is 9.81. The van der Waals surface area contributed by atoms with E-state index in [4.69, 9.17) is 4.74 Å². The monoisotopic (exact) mass is 296 g/mol. The second-order valence-electron chi connectivity index (χ2n) is 7.24. The van der Waals surface area contributed by atoms with Gasteiger partial charge in [0.05, 0.1) is 0 Å². The van der Waals surface area contributed by atoms with E-state index >= 15 is 0 Å². The zero-order valence-corrected chi connectivity index (χ0v) is 14.3. The summed E-state index contributed by atoms with van der Waals surface area (Å²) in [6.45, 7) is 7.86. The summed E-state index contributed by atoms with van der Waals surface area (Å²) in [5.74, 6) is 1.75. The molecule has 0 bridgehead atoms. The van der Waals surface area contributed by atoms with Gasteiger partial charge in [0.2, 0.25) is 0 Å². The fourth-order valence-electron chi connectivity index (χ4n) is 4.03. The lowest BCUT2D eigenvalue weighted by atomic mass is 9.83. The highest BCUT2D eigenvalue weighted by atomic mass is 16.5. The Balaban J connectivity index is 1.78. The lowest BCUT2D eigenvalue weighted by Crippen LogP contribution is -2.46. The molecule has 0 aromatic rings. The van der Waals surface area contributed by atoms with Crippen molar-refractivity contribution >= 4 is 0 Å². The molecule has 3 heteroatoms. The largest absolute Gasteiger partial charge is 0.381 e. The van der Waals surface area contributed by atoms with Gasteiger partial charge in [-0.2, -0.15) is 0 Å². The molecule has 1 unspecified atom stereocenters. The van der Waals surface area contributed by atoms with E-state index in [1.165, 1.54) is 71.0 Å². The number of hydrogen-bond donors (Lipinski definition) is 1. The van der Waals surface area contributed by atoms with E-state index < -0.39 is 0 Å². The fourth-order valence-corrected chi connectivity index (χ4v) is 4.03. The topological polar surface area (TPSA) is 24.5 Å². The van der Waals surface area contributed by atoms with Crippen LogP contribution in [0.4, 0.5) is 0 Å². The van der Waals surface area contributed by atoms with Crippen molar-refractivity contribution in [2.75, 3.05) is 39.9 Å². The second-order valence-corrected chi connectivity index (χ2v) is 7.24. The number of nitrogens with one attached hydrogen (secondary N) is 1. The average molecular weight is 296 g/mol. The van der Waals surface area contributed by atoms with Crippen molar-refractivity contribution < 1.29 is 4.74 Å². The van der Waals surface area contributed by atoms with Gasteiger partial charge >= 0.3 is 0 Å². The average Bonchev–Trinajstić information content (AvgIpc) is 2.53. The standard InChI is InChI=1S/C18H36N2O/c1-3-11-19-18(17-7-5-4-6-8-17)15-20(2)14-16-9-12-21-13-10-16/h16-19H,3-15H2,1-2H3. The van der Waals surface area contributed by atoms with Gasteiger partial charge in [-0.3, -0.25) is 0 Å². The van der Waals surface area contributed by atoms with E-state index in [0.29, 0.717) is 6.04 Å². The Morgan fingerprint density at radius 2 is 1.81 bits per heavy atom. The molecule has 1 saturated carbocycles. The Labute approximate surface area is 131 Å². The molecule has 1 aliphatic carbocycles. The van der Waals surface area contributed by atoms with Gasteiger partial charge < -0.3 is 15.0 Å². The van der Waals surface area contributed by atoms with Crippen LogP contribution in [0.2, 0.25) is 0 Å². The first-order valence-electron chi connectivity index (χ1n) is 9.29. The molecule has 0 amide bonds. The highest BCUT2D eigenvalue weighted by Gasteiger charge is 2.25. The summed E-state index contributed by atoms with van der Waals surface area (Å²) in [4.78, 5) is 2.58. The van der Waals surface area contributed by atoms with Gasteiger partial charge in [-0.25, -0.2) is 0 Å². The lowest BCUT2D eigenvalue weighted by molar-refractivity contribution is 0.0533. The van der Waals surface area contributed by atoms with Crippen LogP contribution in [0, 0.1) is 11.8 Å². The highest BCUT2D eigenvalue weighted by Crippen LogP contribution is 2.27. The van der Waals surface area contributed by atoms with E-state index in [-0.39, 0.29) is 0 Å². The zero-order valence-electron chi connectivity index (χ0n) is 14.3. The number of hydrogen-bond acceptors (Lipinski definition) is 3. The van der Waals surface area contributed by atoms with Crippen molar-refractivity contribution in [2.24, 2.45) is 11.8 Å². The van der Waals surface area contributed by atoms with Crippen LogP contribution < -0.4 is 5.32 Å². The van der Waals surface area contributed by atoms with Gasteiger partial charge in [0.25, 0.3) is 0 Å². The highest BCUT2D eigenvalue weighted by molar-refractivity contribution is 4.82. The van der Waals surface area contributed by atoms with Gasteiger partial charge in [0.1, 0.15) is 0 Å². The first-order valence-corrected chi connectivity index (χ1v) is 9.29. The van der Waals surface area contributed by atoms with Crippen molar-refractivity contribution in [1.29, 1.82) is 0 Å². The number of rotatable bonds is 8. The molecule has 0 spiro atoms. The molecule has 21 heavy (non-hydrogen) atoms. The Hall–Kier alpha value is -0.120. The third-order valence-electron chi connectivity index (χ3n) is 5.29. The summed E-state index contributed by atoms with van der Waals surface area (Å²) in [5.41, 5.74) is 0. The summed E-state index contributed by atoms with van der Waals surface area (Å²) in [6.07, 6.45) is 11.0. The zero-order chi connectivity index (χ0) is 14.9. The first-order chi connectivity index (χ1) is 10.3. The third kappa shape index (κ3) is 6.25. The maximum absolute atomic E-state index is 5.48. The van der Waals surface area contributed by atoms with Crippen LogP contribution in [0.25, 0.3) is 0 Å². The summed E-state index contributed by atoms with van der Waals surface area (Å²) < 4.78 is 5.48. The minimum absolute atomic E-state index is 0.704. The van der Waals surface area contributed by atoms with Crippen molar-refractivity contribution in [3.05, 3.63) is 0 Å². The molecule has 1 saturated heterocycles. The molecule has 3 nitrogen and oxygen atoms in total. The van der Waals surface area contributed by atoms with Crippen LogP contribution >= 0.6 is 0 Å². The molecule has 1 atom stereocenters. The van der Waals surface area contributed by atoms with Crippen LogP contribution in [0.1, 0.15) is 58.3 Å². The minimum atomic E-state index is 0.704. The third-order valence-corrected chi connectivity index (χ3v) is 5.29. The maximum Gasteiger partial charge on any atom is 0.0469 e. The molecule has 124 valence electrons. The van der Waals surface area contributed by atoms with Gasteiger partial charge in [0.15, 0.2) is 0 Å². The van der Waals surface area contributed by atoms with E-state index in [9.17, 15) is 0 Å². The molecule has 2 rings (SSSR count). The molecule has 1 N–H and O–H groups in total. The van der Waals surface area contributed by atoms with Gasteiger partial charge in [-0.1, -0.05) is 26.2 Å². The quantitative estimate of drug-likeness (QED) is 0.744. The predicted octanol–water partition coefficient (Wildman–Crippen LogP) is 3.29. The van der Waals surface area contributed by atoms with E-state index in [1.54, 1.807) is 0 Å². The van der Waals surface area contributed by atoms with Gasteiger partial charge in [-0.15, -0.1) is 0 Å². The number of likely N-dealkylation sites (N-methyl/N-ethyl adjacent to an activating group) is 1. The molecule has 2 fully saturated rings. The number of nitrogens with zero attached hydrogens (tertiary/aromatic N) is 1. The minimum Gasteiger partial charge on any atom is -0.381 e.